The summed E-state index contributed by atoms with van der Waals surface area (Å²) < 4.78 is 2.25. The molecule has 152 valence electrons. The Morgan fingerprint density at radius 1 is 1.00 bits per heavy atom. The number of nitrogens with one attached hydrogen (secondary N) is 1. The lowest BCUT2D eigenvalue weighted by Crippen LogP contribution is -2.13. The van der Waals surface area contributed by atoms with Crippen LogP contribution in [0.4, 0.5) is 5.69 Å². The number of benzene rings is 3. The summed E-state index contributed by atoms with van der Waals surface area (Å²) in [6, 6.07) is 22.4. The molecule has 0 atom stereocenters. The summed E-state index contributed by atoms with van der Waals surface area (Å²) in [5.41, 5.74) is 6.73. The van der Waals surface area contributed by atoms with Crippen molar-refractivity contribution in [2.24, 2.45) is 0 Å². The maximum absolute atomic E-state index is 12.6. The van der Waals surface area contributed by atoms with Gasteiger partial charge in [0.05, 0.1) is 0 Å². The van der Waals surface area contributed by atoms with Gasteiger partial charge in [-0.3, -0.25) is 4.79 Å². The van der Waals surface area contributed by atoms with Crippen LogP contribution in [0.25, 0.3) is 10.9 Å². The molecule has 30 heavy (non-hydrogen) atoms. The Morgan fingerprint density at radius 2 is 1.77 bits per heavy atom. The SMILES string of the molecule is Cc1ccc(NC(=O)CCc2cn(Cc3ccc(Cl)cc3)c3ccccc23)c(C)c1. The maximum Gasteiger partial charge on any atom is 0.224 e. The first-order chi connectivity index (χ1) is 14.5. The highest BCUT2D eigenvalue weighted by atomic mass is 35.5. The average molecular weight is 417 g/mol. The summed E-state index contributed by atoms with van der Waals surface area (Å²) in [4.78, 5) is 12.6. The van der Waals surface area contributed by atoms with E-state index in [1.165, 1.54) is 27.6 Å². The van der Waals surface area contributed by atoms with Gasteiger partial charge in [-0.2, -0.15) is 0 Å². The highest BCUT2D eigenvalue weighted by molar-refractivity contribution is 6.30. The molecular weight excluding hydrogens is 392 g/mol. The number of anilines is 1. The summed E-state index contributed by atoms with van der Waals surface area (Å²) in [6.07, 6.45) is 3.32. The number of carbonyl (C=O) groups is 1. The lowest BCUT2D eigenvalue weighted by atomic mass is 10.1. The molecule has 4 rings (SSSR count). The van der Waals surface area contributed by atoms with Crippen LogP contribution in [0.3, 0.4) is 0 Å². The predicted octanol–water partition coefficient (Wildman–Crippen LogP) is 6.53. The summed E-state index contributed by atoms with van der Waals surface area (Å²) in [6.45, 7) is 4.85. The van der Waals surface area contributed by atoms with Crippen molar-refractivity contribution in [2.75, 3.05) is 5.32 Å². The molecule has 1 aromatic heterocycles. The highest BCUT2D eigenvalue weighted by Gasteiger charge is 2.11. The van der Waals surface area contributed by atoms with Gasteiger partial charge in [0, 0.05) is 40.8 Å². The van der Waals surface area contributed by atoms with E-state index >= 15 is 0 Å². The van der Waals surface area contributed by atoms with E-state index < -0.39 is 0 Å². The molecule has 0 bridgehead atoms. The second-order valence-corrected chi connectivity index (χ2v) is 8.23. The van der Waals surface area contributed by atoms with Crippen molar-refractivity contribution in [2.45, 2.75) is 33.2 Å². The van der Waals surface area contributed by atoms with Crippen LogP contribution in [-0.4, -0.2) is 10.5 Å². The lowest BCUT2D eigenvalue weighted by Gasteiger charge is -2.09. The number of amides is 1. The number of hydrogen-bond donors (Lipinski definition) is 1. The Morgan fingerprint density at radius 3 is 2.53 bits per heavy atom. The number of carbonyl (C=O) groups excluding carboxylic acids is 1. The summed E-state index contributed by atoms with van der Waals surface area (Å²) in [5, 5.41) is 4.99. The lowest BCUT2D eigenvalue weighted by molar-refractivity contribution is -0.116. The van der Waals surface area contributed by atoms with Crippen LogP contribution in [0.5, 0.6) is 0 Å². The fourth-order valence-electron chi connectivity index (χ4n) is 3.85. The summed E-state index contributed by atoms with van der Waals surface area (Å²) >= 11 is 6.02. The third-order valence-corrected chi connectivity index (χ3v) is 5.67. The van der Waals surface area contributed by atoms with Crippen LogP contribution in [0.2, 0.25) is 5.02 Å². The molecule has 0 unspecified atom stereocenters. The smallest absolute Gasteiger partial charge is 0.224 e. The van der Waals surface area contributed by atoms with Crippen molar-refractivity contribution in [3.8, 4) is 0 Å². The van der Waals surface area contributed by atoms with Crippen molar-refractivity contribution in [1.29, 1.82) is 0 Å². The van der Waals surface area contributed by atoms with Crippen LogP contribution in [0.1, 0.15) is 28.7 Å². The quantitative estimate of drug-likeness (QED) is 0.381. The molecule has 0 saturated heterocycles. The zero-order valence-electron chi connectivity index (χ0n) is 17.3. The molecule has 1 amide bonds. The summed E-state index contributed by atoms with van der Waals surface area (Å²) in [7, 11) is 0. The van der Waals surface area contributed by atoms with Gasteiger partial charge in [-0.05, 0) is 61.2 Å². The second-order valence-electron chi connectivity index (χ2n) is 7.79. The van der Waals surface area contributed by atoms with Gasteiger partial charge in [-0.1, -0.05) is 59.6 Å². The monoisotopic (exact) mass is 416 g/mol. The molecular formula is C26H25ClN2O. The number of aryl methyl sites for hydroxylation is 3. The first-order valence-electron chi connectivity index (χ1n) is 10.2. The largest absolute Gasteiger partial charge is 0.343 e. The molecule has 4 aromatic rings. The van der Waals surface area contributed by atoms with Crippen molar-refractivity contribution < 1.29 is 4.79 Å². The number of fused-ring (bicyclic) bond motifs is 1. The fourth-order valence-corrected chi connectivity index (χ4v) is 3.98. The molecule has 1 N–H and O–H groups in total. The van der Waals surface area contributed by atoms with E-state index in [1.807, 2.05) is 49.4 Å². The standard InChI is InChI=1S/C26H25ClN2O/c1-18-7-13-24(19(2)15-18)28-26(30)14-10-21-17-29(25-6-4-3-5-23(21)25)16-20-8-11-22(27)12-9-20/h3-9,11-13,15,17H,10,14,16H2,1-2H3,(H,28,30). The topological polar surface area (TPSA) is 34.0 Å². The molecule has 0 radical (unpaired) electrons. The number of hydrogen-bond acceptors (Lipinski definition) is 1. The first kappa shape index (κ1) is 20.2. The van der Waals surface area contributed by atoms with Crippen molar-refractivity contribution in [1.82, 2.24) is 4.57 Å². The van der Waals surface area contributed by atoms with E-state index in [-0.39, 0.29) is 5.91 Å². The van der Waals surface area contributed by atoms with Crippen molar-refractivity contribution in [3.05, 3.63) is 100 Å². The van der Waals surface area contributed by atoms with Gasteiger partial charge < -0.3 is 9.88 Å². The third-order valence-electron chi connectivity index (χ3n) is 5.41. The Balaban J connectivity index is 1.50. The Kier molecular flexibility index (Phi) is 5.91. The number of nitrogens with zero attached hydrogens (tertiary/aromatic N) is 1. The van der Waals surface area contributed by atoms with E-state index in [0.29, 0.717) is 12.8 Å². The molecule has 0 aliphatic carbocycles. The average Bonchev–Trinajstić information content (AvgIpc) is 3.08. The minimum Gasteiger partial charge on any atom is -0.343 e. The van der Waals surface area contributed by atoms with Crippen LogP contribution >= 0.6 is 11.6 Å². The third kappa shape index (κ3) is 4.58. The van der Waals surface area contributed by atoms with Gasteiger partial charge in [0.15, 0.2) is 0 Å². The summed E-state index contributed by atoms with van der Waals surface area (Å²) in [5.74, 6) is 0.0384. The van der Waals surface area contributed by atoms with Gasteiger partial charge in [-0.15, -0.1) is 0 Å². The number of para-hydroxylation sites is 1. The van der Waals surface area contributed by atoms with Crippen molar-refractivity contribution >= 4 is 34.1 Å². The number of aromatic nitrogens is 1. The minimum absolute atomic E-state index is 0.0384. The molecule has 1 heterocycles. The van der Waals surface area contributed by atoms with E-state index in [4.69, 9.17) is 11.6 Å². The molecule has 0 saturated carbocycles. The molecule has 0 spiro atoms. The molecule has 4 heteroatoms. The van der Waals surface area contributed by atoms with Crippen LogP contribution in [0.15, 0.2) is 72.9 Å². The maximum atomic E-state index is 12.6. The first-order valence-corrected chi connectivity index (χ1v) is 10.6. The van der Waals surface area contributed by atoms with Gasteiger partial charge in [-0.25, -0.2) is 0 Å². The van der Waals surface area contributed by atoms with E-state index in [1.54, 1.807) is 0 Å². The predicted molar refractivity (Wildman–Crippen MR) is 125 cm³/mol. The molecule has 0 aliphatic rings. The van der Waals surface area contributed by atoms with Crippen molar-refractivity contribution in [3.63, 3.8) is 0 Å². The zero-order valence-corrected chi connectivity index (χ0v) is 18.0. The van der Waals surface area contributed by atoms with Gasteiger partial charge in [0.2, 0.25) is 5.91 Å². The molecule has 0 aliphatic heterocycles. The zero-order chi connectivity index (χ0) is 21.1. The van der Waals surface area contributed by atoms with Crippen LogP contribution in [-0.2, 0) is 17.8 Å². The fraction of sp³-hybridized carbons (Fsp3) is 0.192. The van der Waals surface area contributed by atoms with Crippen LogP contribution in [0, 0.1) is 13.8 Å². The van der Waals surface area contributed by atoms with E-state index in [2.05, 4.69) is 47.3 Å². The van der Waals surface area contributed by atoms with Gasteiger partial charge in [0.25, 0.3) is 0 Å². The second kappa shape index (κ2) is 8.76. The minimum atomic E-state index is 0.0384. The highest BCUT2D eigenvalue weighted by Crippen LogP contribution is 2.24. The number of halogens is 1. The molecule has 0 fully saturated rings. The Bertz CT molecular complexity index is 1190. The van der Waals surface area contributed by atoms with E-state index in [0.717, 1.165) is 22.8 Å². The van der Waals surface area contributed by atoms with Crippen LogP contribution < -0.4 is 5.32 Å². The van der Waals surface area contributed by atoms with E-state index in [9.17, 15) is 4.79 Å². The normalized spacial score (nSPS) is 11.0. The molecule has 3 aromatic carbocycles. The Hall–Kier alpha value is -3.04. The van der Waals surface area contributed by atoms with Gasteiger partial charge >= 0.3 is 0 Å². The van der Waals surface area contributed by atoms with Gasteiger partial charge in [0.1, 0.15) is 0 Å². The number of rotatable bonds is 6. The Labute approximate surface area is 182 Å². The molecule has 3 nitrogen and oxygen atoms in total.